The van der Waals surface area contributed by atoms with Crippen LogP contribution in [-0.2, 0) is 32.6 Å². The number of nitro benzene ring substituents is 1. The van der Waals surface area contributed by atoms with Gasteiger partial charge in [-0.3, -0.25) is 24.0 Å². The molecular formula is C37H42N4O7S. The summed E-state index contributed by atoms with van der Waals surface area (Å²) >= 11 is 0. The Balaban J connectivity index is 1.84. The van der Waals surface area contributed by atoms with Gasteiger partial charge in [0.2, 0.25) is 11.8 Å². The molecule has 0 bridgehead atoms. The van der Waals surface area contributed by atoms with Crippen LogP contribution in [0, 0.1) is 24.0 Å². The smallest absolute Gasteiger partial charge is 0.273 e. The van der Waals surface area contributed by atoms with E-state index in [1.807, 2.05) is 75.4 Å². The number of amides is 2. The molecule has 11 nitrogen and oxygen atoms in total. The van der Waals surface area contributed by atoms with Crippen molar-refractivity contribution in [1.29, 1.82) is 0 Å². The van der Waals surface area contributed by atoms with E-state index in [1.165, 1.54) is 43.2 Å². The zero-order valence-corrected chi connectivity index (χ0v) is 29.1. The van der Waals surface area contributed by atoms with Crippen LogP contribution in [-0.4, -0.2) is 55.8 Å². The lowest BCUT2D eigenvalue weighted by molar-refractivity contribution is -0.385. The Kier molecular flexibility index (Phi) is 12.1. The summed E-state index contributed by atoms with van der Waals surface area (Å²) in [5.41, 5.74) is 2.64. The predicted octanol–water partition coefficient (Wildman–Crippen LogP) is 5.97. The maximum atomic E-state index is 14.6. The summed E-state index contributed by atoms with van der Waals surface area (Å²) in [6, 6.07) is 25.4. The summed E-state index contributed by atoms with van der Waals surface area (Å²) in [5, 5.41) is 14.8. The second-order valence-corrected chi connectivity index (χ2v) is 13.8. The van der Waals surface area contributed by atoms with E-state index in [1.54, 1.807) is 12.1 Å². The van der Waals surface area contributed by atoms with E-state index >= 15 is 0 Å². The van der Waals surface area contributed by atoms with Crippen LogP contribution >= 0.6 is 0 Å². The van der Waals surface area contributed by atoms with Gasteiger partial charge < -0.3 is 15.0 Å². The number of methoxy groups -OCH3 is 1. The van der Waals surface area contributed by atoms with E-state index < -0.39 is 33.4 Å². The van der Waals surface area contributed by atoms with Crippen molar-refractivity contribution >= 4 is 33.2 Å². The maximum Gasteiger partial charge on any atom is 0.273 e. The number of carbonyl (C=O) groups excluding carboxylic acids is 2. The minimum atomic E-state index is -4.54. The SMILES string of the molecule is CC[C@H](C)NC(=O)[C@@H](Cc1ccccc1)N(Cc1ccc(C)cc1)C(=O)CN(c1ccc(OC)cc1)S(=O)(=O)c1ccc(C)c([N+](=O)[O-])c1. The van der Waals surface area contributed by atoms with Crippen LogP contribution in [0.1, 0.15) is 42.5 Å². The highest BCUT2D eigenvalue weighted by atomic mass is 32.2. The van der Waals surface area contributed by atoms with E-state index in [4.69, 9.17) is 4.74 Å². The molecule has 0 saturated carbocycles. The van der Waals surface area contributed by atoms with Gasteiger partial charge >= 0.3 is 0 Å². The van der Waals surface area contributed by atoms with Crippen LogP contribution in [0.3, 0.4) is 0 Å². The number of nitrogens with zero attached hydrogens (tertiary/aromatic N) is 3. The summed E-state index contributed by atoms with van der Waals surface area (Å²) < 4.78 is 34.8. The second-order valence-electron chi connectivity index (χ2n) is 11.9. The number of carbonyl (C=O) groups is 2. The van der Waals surface area contributed by atoms with E-state index in [-0.39, 0.29) is 46.7 Å². The highest BCUT2D eigenvalue weighted by Crippen LogP contribution is 2.30. The maximum absolute atomic E-state index is 14.6. The molecule has 12 heteroatoms. The molecule has 0 spiro atoms. The van der Waals surface area contributed by atoms with Crippen molar-refractivity contribution in [2.24, 2.45) is 0 Å². The number of benzene rings is 4. The van der Waals surface area contributed by atoms with Gasteiger partial charge in [-0.25, -0.2) is 8.42 Å². The summed E-state index contributed by atoms with van der Waals surface area (Å²) in [7, 11) is -3.07. The van der Waals surface area contributed by atoms with Crippen molar-refractivity contribution in [1.82, 2.24) is 10.2 Å². The number of anilines is 1. The third-order valence-corrected chi connectivity index (χ3v) is 10.1. The third kappa shape index (κ3) is 9.23. The van der Waals surface area contributed by atoms with Crippen molar-refractivity contribution in [2.75, 3.05) is 18.0 Å². The summed E-state index contributed by atoms with van der Waals surface area (Å²) in [6.45, 7) is 6.61. The predicted molar refractivity (Wildman–Crippen MR) is 189 cm³/mol. The summed E-state index contributed by atoms with van der Waals surface area (Å²) in [4.78, 5) is 40.8. The number of hydrogen-bond acceptors (Lipinski definition) is 7. The van der Waals surface area contributed by atoms with Gasteiger partial charge in [-0.1, -0.05) is 73.2 Å². The van der Waals surface area contributed by atoms with Gasteiger partial charge in [-0.15, -0.1) is 0 Å². The highest BCUT2D eigenvalue weighted by molar-refractivity contribution is 7.92. The molecule has 0 aliphatic carbocycles. The standard InChI is InChI=1S/C37H42N4O7S/c1-6-28(4)38-37(43)35(22-29-10-8-7-9-11-29)39(24-30-15-12-26(2)13-16-30)36(42)25-40(31-17-19-32(48-5)20-18-31)49(46,47)33-21-14-27(3)34(23-33)41(44)45/h7-21,23,28,35H,6,22,24-25H2,1-5H3,(H,38,43)/t28-,35+/m0/s1. The lowest BCUT2D eigenvalue weighted by Gasteiger charge is -2.34. The average molecular weight is 687 g/mol. The average Bonchev–Trinajstić information content (AvgIpc) is 3.09. The molecule has 49 heavy (non-hydrogen) atoms. The molecule has 0 fully saturated rings. The number of ether oxygens (including phenoxy) is 1. The molecule has 0 aromatic heterocycles. The van der Waals surface area contributed by atoms with Crippen molar-refractivity contribution in [3.8, 4) is 5.75 Å². The molecule has 0 unspecified atom stereocenters. The monoisotopic (exact) mass is 686 g/mol. The highest BCUT2D eigenvalue weighted by Gasteiger charge is 2.35. The van der Waals surface area contributed by atoms with E-state index in [2.05, 4.69) is 5.32 Å². The van der Waals surface area contributed by atoms with Gasteiger partial charge in [-0.05, 0) is 68.7 Å². The van der Waals surface area contributed by atoms with Crippen LogP contribution in [0.25, 0.3) is 0 Å². The fraction of sp³-hybridized carbons (Fsp3) is 0.297. The Morgan fingerprint density at radius 1 is 0.918 bits per heavy atom. The largest absolute Gasteiger partial charge is 0.497 e. The van der Waals surface area contributed by atoms with Crippen LogP contribution < -0.4 is 14.4 Å². The first-order valence-electron chi connectivity index (χ1n) is 15.9. The number of aryl methyl sites for hydroxylation is 2. The molecule has 0 heterocycles. The van der Waals surface area contributed by atoms with Gasteiger partial charge in [0.05, 0.1) is 22.6 Å². The molecule has 4 aromatic carbocycles. The van der Waals surface area contributed by atoms with E-state index in [9.17, 15) is 28.1 Å². The van der Waals surface area contributed by atoms with Gasteiger partial charge in [0.25, 0.3) is 15.7 Å². The minimum absolute atomic E-state index is 0.0248. The molecule has 2 atom stereocenters. The number of sulfonamides is 1. The molecule has 258 valence electrons. The quantitative estimate of drug-likeness (QED) is 0.120. The molecule has 0 saturated heterocycles. The first-order chi connectivity index (χ1) is 23.3. The lowest BCUT2D eigenvalue weighted by atomic mass is 10.0. The fourth-order valence-electron chi connectivity index (χ4n) is 5.24. The normalized spacial score (nSPS) is 12.4. The van der Waals surface area contributed by atoms with Gasteiger partial charge in [0.15, 0.2) is 0 Å². The van der Waals surface area contributed by atoms with Crippen LogP contribution in [0.2, 0.25) is 0 Å². The van der Waals surface area contributed by atoms with Gasteiger partial charge in [-0.2, -0.15) is 0 Å². The Hall–Kier alpha value is -5.23. The van der Waals surface area contributed by atoms with E-state index in [0.717, 1.165) is 27.1 Å². The van der Waals surface area contributed by atoms with Gasteiger partial charge in [0.1, 0.15) is 18.3 Å². The summed E-state index contributed by atoms with van der Waals surface area (Å²) in [5.74, 6) is -0.544. The Bertz CT molecular complexity index is 1870. The topological polar surface area (TPSA) is 139 Å². The molecule has 0 radical (unpaired) electrons. The Labute approximate surface area is 287 Å². The first-order valence-corrected chi connectivity index (χ1v) is 17.4. The molecule has 2 amide bonds. The van der Waals surface area contributed by atoms with Crippen molar-refractivity contribution in [3.63, 3.8) is 0 Å². The van der Waals surface area contributed by atoms with Gasteiger partial charge in [0, 0.05) is 30.6 Å². The number of rotatable bonds is 15. The zero-order valence-electron chi connectivity index (χ0n) is 28.3. The molecular weight excluding hydrogens is 644 g/mol. The first kappa shape index (κ1) is 36.6. The molecule has 1 N–H and O–H groups in total. The summed E-state index contributed by atoms with van der Waals surface area (Å²) in [6.07, 6.45) is 0.849. The van der Waals surface area contributed by atoms with Crippen LogP contribution in [0.5, 0.6) is 5.75 Å². The zero-order chi connectivity index (χ0) is 35.7. The third-order valence-electron chi connectivity index (χ3n) is 8.35. The van der Waals surface area contributed by atoms with Crippen LogP contribution in [0.4, 0.5) is 11.4 Å². The molecule has 4 rings (SSSR count). The van der Waals surface area contributed by atoms with Crippen molar-refractivity contribution in [3.05, 3.63) is 129 Å². The molecule has 4 aromatic rings. The van der Waals surface area contributed by atoms with Crippen molar-refractivity contribution in [2.45, 2.75) is 64.1 Å². The Morgan fingerprint density at radius 2 is 1.57 bits per heavy atom. The fourth-order valence-corrected chi connectivity index (χ4v) is 6.67. The lowest BCUT2D eigenvalue weighted by Crippen LogP contribution is -2.54. The van der Waals surface area contributed by atoms with Crippen molar-refractivity contribution < 1.29 is 27.7 Å². The number of nitrogens with one attached hydrogen (secondary N) is 1. The number of nitro groups is 1. The molecule has 0 aliphatic heterocycles. The minimum Gasteiger partial charge on any atom is -0.497 e. The van der Waals surface area contributed by atoms with E-state index in [0.29, 0.717) is 12.2 Å². The van der Waals surface area contributed by atoms with Crippen LogP contribution in [0.15, 0.2) is 102 Å². The number of hydrogen-bond donors (Lipinski definition) is 1. The molecule has 0 aliphatic rings. The second kappa shape index (κ2) is 16.2. The Morgan fingerprint density at radius 3 is 2.16 bits per heavy atom.